The highest BCUT2D eigenvalue weighted by Crippen LogP contribution is 2.15. The monoisotopic (exact) mass is 380 g/mol. The van der Waals surface area contributed by atoms with Gasteiger partial charge in [0.1, 0.15) is 12.7 Å². The molecule has 7 nitrogen and oxygen atoms in total. The SMILES string of the molecule is CCCCC/C=C(/C/C(=C/C/C=C/CCCCCCC=O)[N+](=O)[O-])[N+](=O)[O-]. The highest BCUT2D eigenvalue weighted by atomic mass is 16.6. The van der Waals surface area contributed by atoms with Crippen LogP contribution in [0.4, 0.5) is 0 Å². The maximum atomic E-state index is 11.2. The molecule has 27 heavy (non-hydrogen) atoms. The predicted molar refractivity (Wildman–Crippen MR) is 106 cm³/mol. The molecular weight excluding hydrogens is 348 g/mol. The quantitative estimate of drug-likeness (QED) is 0.105. The first kappa shape index (κ1) is 24.7. The van der Waals surface area contributed by atoms with Crippen LogP contribution in [-0.4, -0.2) is 16.1 Å². The van der Waals surface area contributed by atoms with Crippen molar-refractivity contribution in [3.05, 3.63) is 55.9 Å². The van der Waals surface area contributed by atoms with Crippen LogP contribution in [0.2, 0.25) is 0 Å². The second kappa shape index (κ2) is 17.1. The summed E-state index contributed by atoms with van der Waals surface area (Å²) >= 11 is 0. The number of aldehydes is 1. The number of carbonyl (C=O) groups is 1. The van der Waals surface area contributed by atoms with E-state index in [1.54, 1.807) is 0 Å². The van der Waals surface area contributed by atoms with Gasteiger partial charge in [0.2, 0.25) is 0 Å². The van der Waals surface area contributed by atoms with Crippen LogP contribution in [0.1, 0.15) is 84.0 Å². The molecule has 0 aliphatic rings. The lowest BCUT2D eigenvalue weighted by Crippen LogP contribution is -2.06. The van der Waals surface area contributed by atoms with Crippen molar-refractivity contribution in [2.45, 2.75) is 84.0 Å². The zero-order valence-electron chi connectivity index (χ0n) is 16.3. The van der Waals surface area contributed by atoms with E-state index in [4.69, 9.17) is 0 Å². The Morgan fingerprint density at radius 2 is 1.37 bits per heavy atom. The topological polar surface area (TPSA) is 103 Å². The summed E-state index contributed by atoms with van der Waals surface area (Å²) < 4.78 is 0. The number of rotatable bonds is 17. The summed E-state index contributed by atoms with van der Waals surface area (Å²) in [6.45, 7) is 2.05. The van der Waals surface area contributed by atoms with Crippen molar-refractivity contribution in [2.75, 3.05) is 0 Å². The molecule has 0 unspecified atom stereocenters. The second-order valence-electron chi connectivity index (χ2n) is 6.44. The zero-order valence-corrected chi connectivity index (χ0v) is 16.3. The lowest BCUT2D eigenvalue weighted by molar-refractivity contribution is -0.450. The highest BCUT2D eigenvalue weighted by Gasteiger charge is 2.20. The number of unbranched alkanes of at least 4 members (excludes halogenated alkanes) is 8. The Morgan fingerprint density at radius 1 is 0.778 bits per heavy atom. The van der Waals surface area contributed by atoms with Gasteiger partial charge < -0.3 is 4.79 Å². The molecule has 0 saturated heterocycles. The van der Waals surface area contributed by atoms with Gasteiger partial charge in [0, 0.05) is 6.42 Å². The minimum Gasteiger partial charge on any atom is -0.303 e. The summed E-state index contributed by atoms with van der Waals surface area (Å²) in [5.41, 5.74) is -0.236. The average molecular weight is 380 g/mol. The average Bonchev–Trinajstić information content (AvgIpc) is 2.63. The molecule has 0 saturated carbocycles. The number of allylic oxidation sites excluding steroid dienone is 4. The molecule has 0 rings (SSSR count). The minimum atomic E-state index is -0.537. The Morgan fingerprint density at radius 3 is 1.96 bits per heavy atom. The molecule has 7 heteroatoms. The molecule has 0 aliphatic carbocycles. The van der Waals surface area contributed by atoms with Crippen LogP contribution in [0, 0.1) is 20.2 Å². The van der Waals surface area contributed by atoms with Gasteiger partial charge in [-0.1, -0.05) is 44.8 Å². The van der Waals surface area contributed by atoms with Crippen molar-refractivity contribution >= 4 is 6.29 Å². The largest absolute Gasteiger partial charge is 0.303 e. The van der Waals surface area contributed by atoms with E-state index in [1.165, 1.54) is 12.2 Å². The van der Waals surface area contributed by atoms with Gasteiger partial charge >= 0.3 is 0 Å². The zero-order chi connectivity index (χ0) is 20.3. The predicted octanol–water partition coefficient (Wildman–Crippen LogP) is 5.76. The van der Waals surface area contributed by atoms with E-state index in [0.29, 0.717) is 19.3 Å². The standard InChI is InChI=1S/C20H32N2O5/c1-2-3-4-12-15-19(21(24)25)18-20(22(26)27)16-13-10-8-6-5-7-9-11-14-17-23/h8,10,15-17H,2-7,9,11-14,18H2,1H3/b10-8+,19-15-,20-16-. The van der Waals surface area contributed by atoms with E-state index in [2.05, 4.69) is 0 Å². The van der Waals surface area contributed by atoms with Gasteiger partial charge in [-0.25, -0.2) is 0 Å². The molecule has 0 spiro atoms. The van der Waals surface area contributed by atoms with Crippen molar-refractivity contribution in [2.24, 2.45) is 0 Å². The van der Waals surface area contributed by atoms with E-state index in [9.17, 15) is 25.0 Å². The molecular formula is C20H32N2O5. The van der Waals surface area contributed by atoms with Gasteiger partial charge in [0.05, 0.1) is 9.85 Å². The molecule has 0 radical (unpaired) electrons. The molecule has 0 aromatic heterocycles. The summed E-state index contributed by atoms with van der Waals surface area (Å²) in [5.74, 6) is 0. The Bertz CT molecular complexity index is 538. The highest BCUT2D eigenvalue weighted by molar-refractivity contribution is 5.48. The number of nitrogens with zero attached hydrogens (tertiary/aromatic N) is 2. The lowest BCUT2D eigenvalue weighted by Gasteiger charge is -1.99. The number of hydrogen-bond acceptors (Lipinski definition) is 5. The summed E-state index contributed by atoms with van der Waals surface area (Å²) in [6, 6.07) is 0. The van der Waals surface area contributed by atoms with Gasteiger partial charge in [-0.05, 0) is 50.7 Å². The normalized spacial score (nSPS) is 12.5. The smallest absolute Gasteiger partial charge is 0.253 e. The second-order valence-corrected chi connectivity index (χ2v) is 6.44. The lowest BCUT2D eigenvalue weighted by atomic mass is 10.1. The first-order valence-corrected chi connectivity index (χ1v) is 9.78. The van der Waals surface area contributed by atoms with Crippen LogP contribution < -0.4 is 0 Å². The molecule has 0 heterocycles. The van der Waals surface area contributed by atoms with E-state index >= 15 is 0 Å². The van der Waals surface area contributed by atoms with E-state index in [1.807, 2.05) is 19.1 Å². The van der Waals surface area contributed by atoms with Gasteiger partial charge in [0.25, 0.3) is 11.4 Å². The van der Waals surface area contributed by atoms with Crippen LogP contribution in [0.25, 0.3) is 0 Å². The fourth-order valence-corrected chi connectivity index (χ4v) is 2.53. The van der Waals surface area contributed by atoms with Gasteiger partial charge in [-0.15, -0.1) is 0 Å². The van der Waals surface area contributed by atoms with Gasteiger partial charge in [-0.3, -0.25) is 20.2 Å². The minimum absolute atomic E-state index is 0.103. The van der Waals surface area contributed by atoms with E-state index in [-0.39, 0.29) is 17.8 Å². The third-order valence-corrected chi connectivity index (χ3v) is 4.12. The van der Waals surface area contributed by atoms with Crippen molar-refractivity contribution in [3.8, 4) is 0 Å². The van der Waals surface area contributed by atoms with Gasteiger partial charge in [0.15, 0.2) is 0 Å². The Labute approximate surface area is 161 Å². The Balaban J connectivity index is 4.42. The maximum absolute atomic E-state index is 11.2. The van der Waals surface area contributed by atoms with Crippen molar-refractivity contribution in [1.29, 1.82) is 0 Å². The van der Waals surface area contributed by atoms with Crippen LogP contribution in [0.3, 0.4) is 0 Å². The molecule has 0 amide bonds. The number of nitro groups is 2. The summed E-state index contributed by atoms with van der Waals surface area (Å²) in [7, 11) is 0. The fourth-order valence-electron chi connectivity index (χ4n) is 2.53. The number of carbonyl (C=O) groups excluding carboxylic acids is 1. The van der Waals surface area contributed by atoms with Gasteiger partial charge in [-0.2, -0.15) is 0 Å². The fraction of sp³-hybridized carbons (Fsp3) is 0.650. The molecule has 0 fully saturated rings. The first-order valence-electron chi connectivity index (χ1n) is 9.78. The summed E-state index contributed by atoms with van der Waals surface area (Å²) in [6.07, 6.45) is 16.8. The molecule has 0 aliphatic heterocycles. The molecule has 0 atom stereocenters. The molecule has 0 aromatic rings. The molecule has 0 N–H and O–H groups in total. The van der Waals surface area contributed by atoms with Crippen LogP contribution in [0.5, 0.6) is 0 Å². The third kappa shape index (κ3) is 14.5. The third-order valence-electron chi connectivity index (χ3n) is 4.12. The molecule has 152 valence electrons. The van der Waals surface area contributed by atoms with Crippen molar-refractivity contribution < 1.29 is 14.6 Å². The molecule has 0 aromatic carbocycles. The van der Waals surface area contributed by atoms with Crippen LogP contribution in [-0.2, 0) is 4.79 Å². The van der Waals surface area contributed by atoms with Crippen molar-refractivity contribution in [3.63, 3.8) is 0 Å². The van der Waals surface area contributed by atoms with E-state index < -0.39 is 9.85 Å². The maximum Gasteiger partial charge on any atom is 0.253 e. The summed E-state index contributed by atoms with van der Waals surface area (Å²) in [5, 5.41) is 22.3. The van der Waals surface area contributed by atoms with E-state index in [0.717, 1.165) is 57.7 Å². The number of hydrogen-bond donors (Lipinski definition) is 0. The Hall–Kier alpha value is -2.31. The Kier molecular flexibility index (Phi) is 15.7. The van der Waals surface area contributed by atoms with Crippen LogP contribution >= 0.6 is 0 Å². The van der Waals surface area contributed by atoms with Crippen molar-refractivity contribution in [1.82, 2.24) is 0 Å². The summed E-state index contributed by atoms with van der Waals surface area (Å²) in [4.78, 5) is 31.4. The molecule has 0 bridgehead atoms. The first-order chi connectivity index (χ1) is 13.0. The van der Waals surface area contributed by atoms with Crippen LogP contribution in [0.15, 0.2) is 35.7 Å².